The topological polar surface area (TPSA) is 12.0 Å². The highest BCUT2D eigenvalue weighted by Gasteiger charge is 2.31. The Morgan fingerprint density at radius 1 is 1.07 bits per heavy atom. The van der Waals surface area contributed by atoms with Gasteiger partial charge in [0.05, 0.1) is 0 Å². The van der Waals surface area contributed by atoms with Crippen LogP contribution in [0.5, 0.6) is 0 Å². The van der Waals surface area contributed by atoms with Crippen LogP contribution in [0.15, 0.2) is 0 Å². The van der Waals surface area contributed by atoms with E-state index in [9.17, 15) is 0 Å². The molecule has 0 heterocycles. The lowest BCUT2D eigenvalue weighted by Crippen LogP contribution is -2.37. The van der Waals surface area contributed by atoms with Gasteiger partial charge in [0.1, 0.15) is 0 Å². The molecule has 1 aliphatic rings. The average molecular weight is 197 g/mol. The van der Waals surface area contributed by atoms with E-state index in [2.05, 4.69) is 26.1 Å². The minimum absolute atomic E-state index is 0.655. The van der Waals surface area contributed by atoms with Gasteiger partial charge in [-0.25, -0.2) is 0 Å². The van der Waals surface area contributed by atoms with Crippen molar-refractivity contribution in [3.8, 4) is 0 Å². The van der Waals surface area contributed by atoms with Gasteiger partial charge in [0.2, 0.25) is 0 Å². The molecule has 0 unspecified atom stereocenters. The highest BCUT2D eigenvalue weighted by Crippen LogP contribution is 2.40. The van der Waals surface area contributed by atoms with Gasteiger partial charge in [0.15, 0.2) is 0 Å². The van der Waals surface area contributed by atoms with Crippen molar-refractivity contribution in [1.82, 2.24) is 5.32 Å². The van der Waals surface area contributed by atoms with Crippen LogP contribution in [-0.2, 0) is 0 Å². The zero-order valence-electron chi connectivity index (χ0n) is 10.2. The minimum Gasteiger partial charge on any atom is -0.313 e. The summed E-state index contributed by atoms with van der Waals surface area (Å²) in [4.78, 5) is 0. The smallest absolute Gasteiger partial charge is 0.00620 e. The second kappa shape index (κ2) is 5.75. The van der Waals surface area contributed by atoms with Crippen molar-refractivity contribution in [3.63, 3.8) is 0 Å². The fourth-order valence-electron chi connectivity index (χ4n) is 2.72. The molecule has 1 N–H and O–H groups in total. The summed E-state index contributed by atoms with van der Waals surface area (Å²) < 4.78 is 0. The zero-order valence-corrected chi connectivity index (χ0v) is 10.2. The van der Waals surface area contributed by atoms with Crippen LogP contribution in [0, 0.1) is 5.41 Å². The Hall–Kier alpha value is -0.0400. The third-order valence-corrected chi connectivity index (χ3v) is 4.17. The summed E-state index contributed by atoms with van der Waals surface area (Å²) in [6.45, 7) is 8.19. The molecule has 0 spiro atoms. The monoisotopic (exact) mass is 197 g/mol. The average Bonchev–Trinajstić information content (AvgIpc) is 2.69. The van der Waals surface area contributed by atoms with Crippen LogP contribution in [0.1, 0.15) is 65.7 Å². The van der Waals surface area contributed by atoms with E-state index in [1.165, 1.54) is 51.5 Å². The van der Waals surface area contributed by atoms with Gasteiger partial charge >= 0.3 is 0 Å². The molecule has 1 fully saturated rings. The Labute approximate surface area is 89.7 Å². The van der Waals surface area contributed by atoms with Crippen molar-refractivity contribution in [2.75, 3.05) is 6.54 Å². The standard InChI is InChI=1S/C13H27N/c1-4-12(5-2)14-11-13(6-3)9-7-8-10-13/h12,14H,4-11H2,1-3H3. The third-order valence-electron chi connectivity index (χ3n) is 4.17. The molecule has 1 saturated carbocycles. The van der Waals surface area contributed by atoms with E-state index in [4.69, 9.17) is 0 Å². The summed E-state index contributed by atoms with van der Waals surface area (Å²) in [5.41, 5.74) is 0.655. The first-order chi connectivity index (χ1) is 6.76. The second-order valence-electron chi connectivity index (χ2n) is 4.95. The zero-order chi connectivity index (χ0) is 10.4. The molecule has 0 bridgehead atoms. The van der Waals surface area contributed by atoms with Crippen LogP contribution >= 0.6 is 0 Å². The van der Waals surface area contributed by atoms with E-state index in [1.54, 1.807) is 0 Å². The third kappa shape index (κ3) is 2.98. The summed E-state index contributed by atoms with van der Waals surface area (Å²) in [6, 6.07) is 0.749. The summed E-state index contributed by atoms with van der Waals surface area (Å²) in [6.07, 6.45) is 9.73. The Morgan fingerprint density at radius 3 is 2.07 bits per heavy atom. The van der Waals surface area contributed by atoms with Crippen molar-refractivity contribution < 1.29 is 0 Å². The molecule has 1 nitrogen and oxygen atoms in total. The normalized spacial score (nSPS) is 20.6. The van der Waals surface area contributed by atoms with Crippen molar-refractivity contribution in [2.24, 2.45) is 5.41 Å². The van der Waals surface area contributed by atoms with Crippen LogP contribution < -0.4 is 5.32 Å². The Morgan fingerprint density at radius 2 is 1.64 bits per heavy atom. The molecular weight excluding hydrogens is 170 g/mol. The predicted octanol–water partition coefficient (Wildman–Crippen LogP) is 3.74. The maximum atomic E-state index is 3.75. The van der Waals surface area contributed by atoms with Gasteiger partial charge in [-0.3, -0.25) is 0 Å². The first-order valence-electron chi connectivity index (χ1n) is 6.49. The molecule has 84 valence electrons. The molecule has 0 aromatic carbocycles. The van der Waals surface area contributed by atoms with Gasteiger partial charge < -0.3 is 5.32 Å². The Kier molecular flexibility index (Phi) is 4.94. The van der Waals surface area contributed by atoms with Crippen molar-refractivity contribution in [1.29, 1.82) is 0 Å². The van der Waals surface area contributed by atoms with Gasteiger partial charge in [-0.15, -0.1) is 0 Å². The molecular formula is C13H27N. The van der Waals surface area contributed by atoms with Crippen molar-refractivity contribution >= 4 is 0 Å². The molecule has 14 heavy (non-hydrogen) atoms. The van der Waals surface area contributed by atoms with Gasteiger partial charge in [-0.1, -0.05) is 33.6 Å². The fraction of sp³-hybridized carbons (Fsp3) is 1.00. The van der Waals surface area contributed by atoms with E-state index in [0.29, 0.717) is 5.41 Å². The molecule has 0 aromatic heterocycles. The Bertz CT molecular complexity index is 143. The molecule has 1 rings (SSSR count). The number of hydrogen-bond donors (Lipinski definition) is 1. The predicted molar refractivity (Wildman–Crippen MR) is 63.6 cm³/mol. The quantitative estimate of drug-likeness (QED) is 0.684. The van der Waals surface area contributed by atoms with E-state index < -0.39 is 0 Å². The van der Waals surface area contributed by atoms with E-state index in [-0.39, 0.29) is 0 Å². The molecule has 1 heteroatoms. The van der Waals surface area contributed by atoms with Crippen LogP contribution in [0.4, 0.5) is 0 Å². The lowest BCUT2D eigenvalue weighted by Gasteiger charge is -2.30. The highest BCUT2D eigenvalue weighted by atomic mass is 14.9. The minimum atomic E-state index is 0.655. The van der Waals surface area contributed by atoms with Gasteiger partial charge in [-0.2, -0.15) is 0 Å². The maximum Gasteiger partial charge on any atom is 0.00620 e. The van der Waals surface area contributed by atoms with Crippen molar-refractivity contribution in [3.05, 3.63) is 0 Å². The molecule has 0 atom stereocenters. The number of rotatable bonds is 6. The van der Waals surface area contributed by atoms with Crippen molar-refractivity contribution in [2.45, 2.75) is 71.8 Å². The summed E-state index contributed by atoms with van der Waals surface area (Å²) in [5.74, 6) is 0. The molecule has 0 amide bonds. The second-order valence-corrected chi connectivity index (χ2v) is 4.95. The van der Waals surface area contributed by atoms with E-state index in [1.807, 2.05) is 0 Å². The molecule has 1 aliphatic carbocycles. The van der Waals surface area contributed by atoms with E-state index >= 15 is 0 Å². The fourth-order valence-corrected chi connectivity index (χ4v) is 2.72. The van der Waals surface area contributed by atoms with Gasteiger partial charge in [-0.05, 0) is 37.5 Å². The first kappa shape index (κ1) is 12.0. The van der Waals surface area contributed by atoms with Gasteiger partial charge in [0.25, 0.3) is 0 Å². The van der Waals surface area contributed by atoms with E-state index in [0.717, 1.165) is 6.04 Å². The SMILES string of the molecule is CCC(CC)NCC1(CC)CCCC1. The Balaban J connectivity index is 2.33. The van der Waals surface area contributed by atoms with Crippen LogP contribution in [0.2, 0.25) is 0 Å². The molecule has 0 aromatic rings. The van der Waals surface area contributed by atoms with Gasteiger partial charge in [0, 0.05) is 12.6 Å². The highest BCUT2D eigenvalue weighted by molar-refractivity contribution is 4.86. The van der Waals surface area contributed by atoms with Crippen LogP contribution in [-0.4, -0.2) is 12.6 Å². The molecule has 0 aliphatic heterocycles. The molecule has 0 saturated heterocycles. The molecule has 0 radical (unpaired) electrons. The summed E-state index contributed by atoms with van der Waals surface area (Å²) >= 11 is 0. The number of nitrogens with one attached hydrogen (secondary N) is 1. The number of hydrogen-bond acceptors (Lipinski definition) is 1. The summed E-state index contributed by atoms with van der Waals surface area (Å²) in [5, 5.41) is 3.75. The summed E-state index contributed by atoms with van der Waals surface area (Å²) in [7, 11) is 0. The maximum absolute atomic E-state index is 3.75. The lowest BCUT2D eigenvalue weighted by atomic mass is 9.83. The lowest BCUT2D eigenvalue weighted by molar-refractivity contribution is 0.252. The van der Waals surface area contributed by atoms with Crippen LogP contribution in [0.3, 0.4) is 0 Å². The first-order valence-corrected chi connectivity index (χ1v) is 6.49. The largest absolute Gasteiger partial charge is 0.313 e. The van der Waals surface area contributed by atoms with Crippen LogP contribution in [0.25, 0.3) is 0 Å².